The number of halogens is 3. The molecule has 1 aliphatic rings. The summed E-state index contributed by atoms with van der Waals surface area (Å²) >= 11 is 0.978. The number of nitrogens with zero attached hydrogens (tertiary/aromatic N) is 3. The van der Waals surface area contributed by atoms with Crippen LogP contribution in [0.25, 0.3) is 10.2 Å². The summed E-state index contributed by atoms with van der Waals surface area (Å²) in [5, 5.41) is 13.9. The zero-order valence-corrected chi connectivity index (χ0v) is 18.6. The van der Waals surface area contributed by atoms with Crippen molar-refractivity contribution >= 4 is 33.5 Å². The molecule has 0 saturated heterocycles. The Morgan fingerprint density at radius 1 is 1.27 bits per heavy atom. The summed E-state index contributed by atoms with van der Waals surface area (Å²) in [4.78, 5) is 22.9. The molecule has 0 radical (unpaired) electrons. The van der Waals surface area contributed by atoms with E-state index in [0.717, 1.165) is 16.9 Å². The number of carbonyl (C=O) groups is 1. The third-order valence-corrected chi connectivity index (χ3v) is 6.64. The highest BCUT2D eigenvalue weighted by atomic mass is 32.1. The Kier molecular flexibility index (Phi) is 6.71. The van der Waals surface area contributed by atoms with Crippen LogP contribution in [0.2, 0.25) is 0 Å². The summed E-state index contributed by atoms with van der Waals surface area (Å²) in [6, 6.07) is 10.1. The highest BCUT2D eigenvalue weighted by molar-refractivity contribution is 7.18. The molecule has 1 fully saturated rings. The minimum Gasteiger partial charge on any atom is -0.445 e. The first-order chi connectivity index (χ1) is 15.7. The van der Waals surface area contributed by atoms with Gasteiger partial charge in [0.1, 0.15) is 23.6 Å². The number of rotatable bonds is 6. The Labute approximate surface area is 192 Å². The van der Waals surface area contributed by atoms with Crippen molar-refractivity contribution in [3.63, 3.8) is 0 Å². The minimum atomic E-state index is -4.31. The third-order valence-electron chi connectivity index (χ3n) is 5.60. The van der Waals surface area contributed by atoms with Crippen LogP contribution in [0.5, 0.6) is 0 Å². The van der Waals surface area contributed by atoms with Crippen LogP contribution in [0, 0.1) is 0 Å². The van der Waals surface area contributed by atoms with Gasteiger partial charge in [-0.05, 0) is 24.5 Å². The molecule has 3 atom stereocenters. The van der Waals surface area contributed by atoms with E-state index in [1.807, 2.05) is 30.3 Å². The lowest BCUT2D eigenvalue weighted by molar-refractivity contribution is -0.126. The number of benzene rings is 1. The van der Waals surface area contributed by atoms with Crippen LogP contribution in [0.15, 0.2) is 42.7 Å². The van der Waals surface area contributed by atoms with Gasteiger partial charge >= 0.3 is 12.3 Å². The summed E-state index contributed by atoms with van der Waals surface area (Å²) in [6.07, 6.45) is -4.60. The average Bonchev–Trinajstić information content (AvgIpc) is 3.33. The van der Waals surface area contributed by atoms with E-state index in [0.29, 0.717) is 28.9 Å². The molecule has 4 rings (SSSR count). The van der Waals surface area contributed by atoms with E-state index in [4.69, 9.17) is 4.74 Å². The van der Waals surface area contributed by atoms with Gasteiger partial charge in [0.2, 0.25) is 0 Å². The van der Waals surface area contributed by atoms with Crippen molar-refractivity contribution in [2.24, 2.45) is 0 Å². The van der Waals surface area contributed by atoms with Crippen molar-refractivity contribution < 1.29 is 27.8 Å². The predicted octanol–water partition coefficient (Wildman–Crippen LogP) is 4.05. The number of likely N-dealkylation sites (N-methyl/N-ethyl adjacent to an activating group) is 1. The predicted molar refractivity (Wildman–Crippen MR) is 118 cm³/mol. The van der Waals surface area contributed by atoms with E-state index in [-0.39, 0.29) is 23.6 Å². The summed E-state index contributed by atoms with van der Waals surface area (Å²) in [5.41, 5.74) is 0.866. The summed E-state index contributed by atoms with van der Waals surface area (Å²) in [7, 11) is 1.73. The number of alkyl carbamates (subject to hydrolysis) is 1. The van der Waals surface area contributed by atoms with Crippen LogP contribution >= 0.6 is 11.3 Å². The molecule has 3 aromatic rings. The first-order valence-corrected chi connectivity index (χ1v) is 11.2. The minimum absolute atomic E-state index is 0.141. The van der Waals surface area contributed by atoms with Crippen LogP contribution in [0.1, 0.15) is 23.3 Å². The highest BCUT2D eigenvalue weighted by Crippen LogP contribution is 2.36. The molecule has 1 saturated carbocycles. The van der Waals surface area contributed by atoms with E-state index in [9.17, 15) is 23.1 Å². The second-order valence-electron chi connectivity index (χ2n) is 8.04. The Bertz CT molecular complexity index is 1110. The van der Waals surface area contributed by atoms with E-state index in [1.165, 1.54) is 12.4 Å². The van der Waals surface area contributed by atoms with Crippen LogP contribution in [0.4, 0.5) is 23.8 Å². The second-order valence-corrected chi connectivity index (χ2v) is 9.16. The topological polar surface area (TPSA) is 87.6 Å². The van der Waals surface area contributed by atoms with Crippen LogP contribution < -0.4 is 10.2 Å². The quantitative estimate of drug-likeness (QED) is 0.554. The first kappa shape index (κ1) is 23.2. The Hall–Kier alpha value is -2.92. The zero-order valence-electron chi connectivity index (χ0n) is 17.7. The van der Waals surface area contributed by atoms with Gasteiger partial charge < -0.3 is 20.1 Å². The number of fused-ring (bicyclic) bond motifs is 1. The van der Waals surface area contributed by atoms with E-state index >= 15 is 0 Å². The van der Waals surface area contributed by atoms with Crippen molar-refractivity contribution in [1.29, 1.82) is 0 Å². The molecular weight excluding hydrogens is 457 g/mol. The Morgan fingerprint density at radius 3 is 2.76 bits per heavy atom. The van der Waals surface area contributed by atoms with Crippen LogP contribution in [0.3, 0.4) is 0 Å². The van der Waals surface area contributed by atoms with E-state index in [1.54, 1.807) is 11.9 Å². The fourth-order valence-electron chi connectivity index (χ4n) is 4.07. The van der Waals surface area contributed by atoms with Crippen molar-refractivity contribution in [2.75, 3.05) is 11.9 Å². The molecule has 0 bridgehead atoms. The molecule has 1 aromatic carbocycles. The first-order valence-electron chi connectivity index (χ1n) is 10.4. The number of thiophene rings is 1. The molecule has 2 heterocycles. The molecule has 33 heavy (non-hydrogen) atoms. The molecule has 7 nitrogen and oxygen atoms in total. The number of nitrogens with one attached hydrogen (secondary N) is 1. The lowest BCUT2D eigenvalue weighted by Crippen LogP contribution is -2.39. The fraction of sp³-hybridized carbons (Fsp3) is 0.409. The monoisotopic (exact) mass is 480 g/mol. The SMILES string of the molecule is CN(c1ncnc2sc(CC(F)(F)F)cc12)[C@H]1C[C@@H](NC(=O)OCc2ccccc2)C[C@@H]1O. The molecule has 1 aliphatic carbocycles. The Balaban J connectivity index is 1.41. The molecule has 2 aromatic heterocycles. The molecule has 0 spiro atoms. The van der Waals surface area contributed by atoms with Gasteiger partial charge in [-0.2, -0.15) is 13.2 Å². The lowest BCUT2D eigenvalue weighted by Gasteiger charge is -2.28. The standard InChI is InChI=1S/C22H23F3N4O3S/c1-29(19-16-9-15(10-22(23,24)25)33-20(16)27-12-26-19)17-7-14(8-18(17)30)28-21(31)32-11-13-5-3-2-4-6-13/h2-6,9,12,14,17-18,30H,7-8,10-11H2,1H3,(H,28,31)/t14-,17+,18+/m1/s1. The van der Waals surface area contributed by atoms with Crippen LogP contribution in [-0.2, 0) is 17.8 Å². The van der Waals surface area contributed by atoms with Crippen molar-refractivity contribution in [3.05, 3.63) is 53.2 Å². The number of aromatic nitrogens is 2. The normalized spacial score (nSPS) is 20.7. The number of aliphatic hydroxyl groups is 1. The maximum Gasteiger partial charge on any atom is 0.407 e. The molecule has 176 valence electrons. The fourth-order valence-corrected chi connectivity index (χ4v) is 5.10. The number of carbonyl (C=O) groups excluding carboxylic acids is 1. The smallest absolute Gasteiger partial charge is 0.407 e. The van der Waals surface area contributed by atoms with Gasteiger partial charge in [-0.1, -0.05) is 30.3 Å². The largest absolute Gasteiger partial charge is 0.445 e. The average molecular weight is 481 g/mol. The number of aliphatic hydroxyl groups excluding tert-OH is 1. The zero-order chi connectivity index (χ0) is 23.6. The molecule has 11 heteroatoms. The summed E-state index contributed by atoms with van der Waals surface area (Å²) < 4.78 is 43.7. The number of hydrogen-bond donors (Lipinski definition) is 2. The summed E-state index contributed by atoms with van der Waals surface area (Å²) in [6.45, 7) is 0.141. The molecular formula is C22H23F3N4O3S. The number of amides is 1. The maximum atomic E-state index is 12.8. The van der Waals surface area contributed by atoms with E-state index < -0.39 is 24.8 Å². The van der Waals surface area contributed by atoms with Gasteiger partial charge in [-0.15, -0.1) is 11.3 Å². The molecule has 1 amide bonds. The second kappa shape index (κ2) is 9.52. The van der Waals surface area contributed by atoms with Gasteiger partial charge in [0.05, 0.1) is 24.0 Å². The molecule has 2 N–H and O–H groups in total. The number of hydrogen-bond acceptors (Lipinski definition) is 7. The Morgan fingerprint density at radius 2 is 2.03 bits per heavy atom. The third kappa shape index (κ3) is 5.72. The molecule has 0 aliphatic heterocycles. The maximum absolute atomic E-state index is 12.8. The van der Waals surface area contributed by atoms with Gasteiger partial charge in [0.15, 0.2) is 0 Å². The highest BCUT2D eigenvalue weighted by Gasteiger charge is 2.38. The van der Waals surface area contributed by atoms with Gasteiger partial charge in [-0.25, -0.2) is 14.8 Å². The van der Waals surface area contributed by atoms with Gasteiger partial charge in [0, 0.05) is 18.0 Å². The number of alkyl halides is 3. The van der Waals surface area contributed by atoms with Crippen molar-refractivity contribution in [1.82, 2.24) is 15.3 Å². The van der Waals surface area contributed by atoms with Crippen molar-refractivity contribution in [2.45, 2.75) is 50.2 Å². The molecule has 0 unspecified atom stereocenters. The summed E-state index contributed by atoms with van der Waals surface area (Å²) in [5.74, 6) is 0.445. The van der Waals surface area contributed by atoms with E-state index in [2.05, 4.69) is 15.3 Å². The number of anilines is 1. The van der Waals surface area contributed by atoms with Crippen molar-refractivity contribution in [3.8, 4) is 0 Å². The van der Waals surface area contributed by atoms with Crippen LogP contribution in [-0.4, -0.2) is 52.6 Å². The lowest BCUT2D eigenvalue weighted by atomic mass is 10.1. The van der Waals surface area contributed by atoms with Gasteiger partial charge in [0.25, 0.3) is 0 Å². The number of ether oxygens (including phenoxy) is 1. The van der Waals surface area contributed by atoms with Gasteiger partial charge in [-0.3, -0.25) is 0 Å².